The minimum Gasteiger partial charge on any atom is -0.307 e. The summed E-state index contributed by atoms with van der Waals surface area (Å²) in [5.74, 6) is -0.918. The summed E-state index contributed by atoms with van der Waals surface area (Å²) in [4.78, 5) is 30.1. The third-order valence-electron chi connectivity index (χ3n) is 7.44. The smallest absolute Gasteiger partial charge is 0.270 e. The van der Waals surface area contributed by atoms with Crippen molar-refractivity contribution in [3.8, 4) is 0 Å². The Hall–Kier alpha value is -4.01. The molecule has 1 atom stereocenters. The molecule has 2 aliphatic rings. The summed E-state index contributed by atoms with van der Waals surface area (Å²) in [6.07, 6.45) is 1.37. The highest BCUT2D eigenvalue weighted by atomic mass is 79.9. The first-order valence-electron chi connectivity index (χ1n) is 12.8. The predicted octanol–water partition coefficient (Wildman–Crippen LogP) is 6.20. The Morgan fingerprint density at radius 3 is 2.17 bits per heavy atom. The van der Waals surface area contributed by atoms with Gasteiger partial charge >= 0.3 is 0 Å². The van der Waals surface area contributed by atoms with Crippen LogP contribution in [-0.4, -0.2) is 24.5 Å². The second-order valence-electron chi connectivity index (χ2n) is 10.1. The van der Waals surface area contributed by atoms with Gasteiger partial charge in [0.25, 0.3) is 10.0 Å². The standard InChI is InChI=1S/C32H25BrN2O4S/c1-22-11-17-26(18-12-22)40(38,39)35-29(24-13-15-25(33)16-14-24)19-32(20-30(35)36)27-9-5-6-10-28(27)34(31(32)37)21-23-7-3-2-4-8-23/h2-19H,20-21H2,1H3/t32-/m0/s1. The van der Waals surface area contributed by atoms with Gasteiger partial charge in [-0.05, 0) is 60.0 Å². The van der Waals surface area contributed by atoms with Crippen LogP contribution in [0, 0.1) is 6.92 Å². The SMILES string of the molecule is Cc1ccc(S(=O)(=O)N2C(=O)C[C@]3(C=C2c2ccc(Br)cc2)C(=O)N(Cc2ccccc2)c2ccccc23)cc1. The number of amides is 2. The van der Waals surface area contributed by atoms with Crippen molar-refractivity contribution >= 4 is 49.2 Å². The molecule has 0 bridgehead atoms. The lowest BCUT2D eigenvalue weighted by atomic mass is 9.75. The van der Waals surface area contributed by atoms with Crippen LogP contribution in [0.15, 0.2) is 119 Å². The molecule has 0 saturated heterocycles. The van der Waals surface area contributed by atoms with Gasteiger partial charge in [-0.2, -0.15) is 0 Å². The van der Waals surface area contributed by atoms with E-state index in [-0.39, 0.29) is 22.9 Å². The highest BCUT2D eigenvalue weighted by Gasteiger charge is 2.55. The molecule has 4 aromatic carbocycles. The first kappa shape index (κ1) is 26.2. The van der Waals surface area contributed by atoms with Crippen LogP contribution < -0.4 is 4.90 Å². The van der Waals surface area contributed by atoms with Gasteiger partial charge in [0.05, 0.1) is 23.6 Å². The molecular formula is C32H25BrN2O4S. The van der Waals surface area contributed by atoms with E-state index in [1.54, 1.807) is 47.4 Å². The summed E-state index contributed by atoms with van der Waals surface area (Å²) in [7, 11) is -4.26. The zero-order chi connectivity index (χ0) is 28.1. The van der Waals surface area contributed by atoms with Gasteiger partial charge in [0.2, 0.25) is 11.8 Å². The summed E-state index contributed by atoms with van der Waals surface area (Å²) < 4.78 is 29.6. The topological polar surface area (TPSA) is 74.8 Å². The van der Waals surface area contributed by atoms with Crippen LogP contribution in [-0.2, 0) is 31.6 Å². The van der Waals surface area contributed by atoms with E-state index >= 15 is 0 Å². The van der Waals surface area contributed by atoms with Crippen LogP contribution in [0.1, 0.15) is 28.7 Å². The number of sulfonamides is 1. The number of carbonyl (C=O) groups excluding carboxylic acids is 2. The van der Waals surface area contributed by atoms with Crippen LogP contribution in [0.2, 0.25) is 0 Å². The highest BCUT2D eigenvalue weighted by molar-refractivity contribution is 9.10. The average Bonchev–Trinajstić information content (AvgIpc) is 3.16. The molecule has 0 unspecified atom stereocenters. The molecule has 8 heteroatoms. The van der Waals surface area contributed by atoms with E-state index < -0.39 is 21.3 Å². The van der Waals surface area contributed by atoms with Gasteiger partial charge in [-0.1, -0.05) is 94.3 Å². The molecule has 0 saturated carbocycles. The molecule has 200 valence electrons. The zero-order valence-corrected chi connectivity index (χ0v) is 24.0. The molecule has 0 fully saturated rings. The highest BCUT2D eigenvalue weighted by Crippen LogP contribution is 2.50. The Morgan fingerprint density at radius 1 is 0.825 bits per heavy atom. The summed E-state index contributed by atoms with van der Waals surface area (Å²) in [6, 6.07) is 30.5. The van der Waals surface area contributed by atoms with Crippen LogP contribution in [0.3, 0.4) is 0 Å². The van der Waals surface area contributed by atoms with Crippen molar-refractivity contribution in [1.82, 2.24) is 4.31 Å². The number of para-hydroxylation sites is 1. The summed E-state index contributed by atoms with van der Waals surface area (Å²) >= 11 is 3.43. The Labute approximate surface area is 241 Å². The maximum Gasteiger partial charge on any atom is 0.270 e. The first-order valence-corrected chi connectivity index (χ1v) is 15.0. The fraction of sp³-hybridized carbons (Fsp3) is 0.125. The Morgan fingerprint density at radius 2 is 1.48 bits per heavy atom. The number of aryl methyl sites for hydroxylation is 1. The number of rotatable bonds is 5. The second-order valence-corrected chi connectivity index (χ2v) is 12.8. The lowest BCUT2D eigenvalue weighted by Gasteiger charge is -2.36. The molecule has 4 aromatic rings. The minimum atomic E-state index is -4.26. The third kappa shape index (κ3) is 4.28. The molecule has 0 N–H and O–H groups in total. The van der Waals surface area contributed by atoms with Crippen molar-refractivity contribution in [3.63, 3.8) is 0 Å². The number of halogens is 1. The van der Waals surface area contributed by atoms with Crippen LogP contribution in [0.5, 0.6) is 0 Å². The van der Waals surface area contributed by atoms with E-state index in [0.717, 1.165) is 19.9 Å². The lowest BCUT2D eigenvalue weighted by Crippen LogP contribution is -2.48. The number of fused-ring (bicyclic) bond motifs is 2. The number of nitrogens with zero attached hydrogens (tertiary/aromatic N) is 2. The molecule has 0 aromatic heterocycles. The van der Waals surface area contributed by atoms with Crippen LogP contribution >= 0.6 is 15.9 Å². The molecule has 2 amide bonds. The fourth-order valence-corrected chi connectivity index (χ4v) is 7.18. The number of hydrogen-bond acceptors (Lipinski definition) is 4. The van der Waals surface area contributed by atoms with Crippen molar-refractivity contribution in [2.75, 3.05) is 4.90 Å². The monoisotopic (exact) mass is 612 g/mol. The molecular weight excluding hydrogens is 588 g/mol. The molecule has 6 rings (SSSR count). The summed E-state index contributed by atoms with van der Waals surface area (Å²) in [5.41, 5.74) is 2.58. The van der Waals surface area contributed by atoms with Gasteiger partial charge in [0, 0.05) is 10.2 Å². The molecule has 0 radical (unpaired) electrons. The van der Waals surface area contributed by atoms with Gasteiger partial charge in [-0.15, -0.1) is 0 Å². The third-order valence-corrected chi connectivity index (χ3v) is 9.72. The zero-order valence-electron chi connectivity index (χ0n) is 21.6. The number of anilines is 1. The van der Waals surface area contributed by atoms with Gasteiger partial charge in [0.1, 0.15) is 5.41 Å². The van der Waals surface area contributed by atoms with Gasteiger partial charge in [-0.3, -0.25) is 9.59 Å². The van der Waals surface area contributed by atoms with E-state index in [0.29, 0.717) is 23.4 Å². The quantitative estimate of drug-likeness (QED) is 0.269. The van der Waals surface area contributed by atoms with E-state index in [1.807, 2.05) is 61.5 Å². The maximum absolute atomic E-state index is 14.3. The number of carbonyl (C=O) groups is 2. The average molecular weight is 614 g/mol. The largest absolute Gasteiger partial charge is 0.307 e. The van der Waals surface area contributed by atoms with Crippen molar-refractivity contribution in [1.29, 1.82) is 0 Å². The molecule has 40 heavy (non-hydrogen) atoms. The Balaban J connectivity index is 1.55. The Kier molecular flexibility index (Phi) is 6.47. The van der Waals surface area contributed by atoms with E-state index in [2.05, 4.69) is 15.9 Å². The molecule has 0 aliphatic carbocycles. The molecule has 6 nitrogen and oxygen atoms in total. The predicted molar refractivity (Wildman–Crippen MR) is 158 cm³/mol. The fourth-order valence-electron chi connectivity index (χ4n) is 5.47. The van der Waals surface area contributed by atoms with E-state index in [9.17, 15) is 18.0 Å². The van der Waals surface area contributed by atoms with Gasteiger partial charge in [-0.25, -0.2) is 12.7 Å². The molecule has 1 spiro atoms. The van der Waals surface area contributed by atoms with Gasteiger partial charge in [0.15, 0.2) is 0 Å². The normalized spacial score (nSPS) is 18.7. The van der Waals surface area contributed by atoms with Gasteiger partial charge < -0.3 is 4.90 Å². The first-order chi connectivity index (χ1) is 19.2. The van der Waals surface area contributed by atoms with Crippen LogP contribution in [0.25, 0.3) is 5.70 Å². The molecule has 2 aliphatic heterocycles. The van der Waals surface area contributed by atoms with Crippen molar-refractivity contribution in [3.05, 3.63) is 136 Å². The second kappa shape index (κ2) is 9.87. The van der Waals surface area contributed by atoms with Crippen molar-refractivity contribution in [2.24, 2.45) is 0 Å². The minimum absolute atomic E-state index is 0.00858. The number of hydrogen-bond donors (Lipinski definition) is 0. The summed E-state index contributed by atoms with van der Waals surface area (Å²) in [5, 5.41) is 0. The maximum atomic E-state index is 14.3. The molecule has 2 heterocycles. The Bertz CT molecular complexity index is 1770. The van der Waals surface area contributed by atoms with Crippen LogP contribution in [0.4, 0.5) is 5.69 Å². The lowest BCUT2D eigenvalue weighted by molar-refractivity contribution is -0.131. The number of benzene rings is 4. The van der Waals surface area contributed by atoms with Crippen molar-refractivity contribution in [2.45, 2.75) is 30.2 Å². The summed E-state index contributed by atoms with van der Waals surface area (Å²) in [6.45, 7) is 2.20. The van der Waals surface area contributed by atoms with E-state index in [1.165, 1.54) is 12.1 Å². The van der Waals surface area contributed by atoms with Crippen molar-refractivity contribution < 1.29 is 18.0 Å². The van der Waals surface area contributed by atoms with E-state index in [4.69, 9.17) is 0 Å².